The molecule has 0 bridgehead atoms. The van der Waals surface area contributed by atoms with Crippen LogP contribution in [-0.2, 0) is 4.79 Å². The molecule has 0 aliphatic heterocycles. The van der Waals surface area contributed by atoms with E-state index in [0.717, 1.165) is 21.1 Å². The summed E-state index contributed by atoms with van der Waals surface area (Å²) in [6.45, 7) is 5.91. The van der Waals surface area contributed by atoms with E-state index in [1.54, 1.807) is 15.9 Å². The Hall–Kier alpha value is -2.41. The van der Waals surface area contributed by atoms with Crippen LogP contribution in [-0.4, -0.2) is 27.1 Å². The molecule has 0 saturated carbocycles. The number of carbonyl (C=O) groups is 1. The Balaban J connectivity index is 1.61. The SMILES string of the molecule is Cc1ccc(OCC(=O)Nc2nc3sc(C)c(C)n3n2)cc1. The number of nitrogens with zero attached hydrogens (tertiary/aromatic N) is 3. The van der Waals surface area contributed by atoms with Gasteiger partial charge in [0.1, 0.15) is 5.75 Å². The summed E-state index contributed by atoms with van der Waals surface area (Å²) in [5, 5.41) is 6.91. The molecule has 3 rings (SSSR count). The molecule has 0 radical (unpaired) electrons. The summed E-state index contributed by atoms with van der Waals surface area (Å²) >= 11 is 1.55. The number of aromatic nitrogens is 3. The summed E-state index contributed by atoms with van der Waals surface area (Å²) < 4.78 is 7.15. The van der Waals surface area contributed by atoms with Gasteiger partial charge < -0.3 is 4.74 Å². The molecule has 2 heterocycles. The fourth-order valence-electron chi connectivity index (χ4n) is 1.94. The van der Waals surface area contributed by atoms with Crippen LogP contribution in [0.3, 0.4) is 0 Å². The average molecular weight is 316 g/mol. The van der Waals surface area contributed by atoms with Gasteiger partial charge in [0.2, 0.25) is 4.96 Å². The van der Waals surface area contributed by atoms with Gasteiger partial charge in [0, 0.05) is 4.88 Å². The highest BCUT2D eigenvalue weighted by Crippen LogP contribution is 2.21. The molecule has 0 unspecified atom stereocenters. The van der Waals surface area contributed by atoms with E-state index in [4.69, 9.17) is 4.74 Å². The second kappa shape index (κ2) is 5.76. The van der Waals surface area contributed by atoms with Crippen molar-refractivity contribution in [2.45, 2.75) is 20.8 Å². The van der Waals surface area contributed by atoms with Gasteiger partial charge in [-0.1, -0.05) is 29.0 Å². The van der Waals surface area contributed by atoms with Gasteiger partial charge in [-0.05, 0) is 32.9 Å². The highest BCUT2D eigenvalue weighted by Gasteiger charge is 2.12. The van der Waals surface area contributed by atoms with E-state index in [0.29, 0.717) is 11.7 Å². The van der Waals surface area contributed by atoms with Crippen LogP contribution in [0.15, 0.2) is 24.3 Å². The number of anilines is 1. The number of benzene rings is 1. The molecule has 0 spiro atoms. The molecule has 0 saturated heterocycles. The molecule has 22 heavy (non-hydrogen) atoms. The van der Waals surface area contributed by atoms with Crippen molar-refractivity contribution in [3.8, 4) is 5.75 Å². The minimum Gasteiger partial charge on any atom is -0.484 e. The first kappa shape index (κ1) is 14.5. The van der Waals surface area contributed by atoms with Crippen LogP contribution in [0.1, 0.15) is 16.1 Å². The summed E-state index contributed by atoms with van der Waals surface area (Å²) in [5.74, 6) is 0.672. The number of rotatable bonds is 4. The monoisotopic (exact) mass is 316 g/mol. The maximum atomic E-state index is 11.9. The van der Waals surface area contributed by atoms with E-state index >= 15 is 0 Å². The largest absolute Gasteiger partial charge is 0.484 e. The van der Waals surface area contributed by atoms with Gasteiger partial charge >= 0.3 is 0 Å². The predicted octanol–water partition coefficient (Wildman–Crippen LogP) is 2.73. The number of nitrogens with one attached hydrogen (secondary N) is 1. The lowest BCUT2D eigenvalue weighted by Crippen LogP contribution is -2.21. The topological polar surface area (TPSA) is 68.5 Å². The fraction of sp³-hybridized carbons (Fsp3) is 0.267. The molecule has 1 aromatic carbocycles. The normalized spacial score (nSPS) is 10.9. The molecule has 1 N–H and O–H groups in total. The summed E-state index contributed by atoms with van der Waals surface area (Å²) in [7, 11) is 0. The summed E-state index contributed by atoms with van der Waals surface area (Å²) in [6.07, 6.45) is 0. The zero-order valence-corrected chi connectivity index (χ0v) is 13.4. The van der Waals surface area contributed by atoms with E-state index in [-0.39, 0.29) is 12.5 Å². The Morgan fingerprint density at radius 2 is 2.00 bits per heavy atom. The first-order chi connectivity index (χ1) is 10.5. The van der Waals surface area contributed by atoms with Gasteiger partial charge in [-0.2, -0.15) is 4.98 Å². The molecule has 3 aromatic rings. The van der Waals surface area contributed by atoms with Crippen molar-refractivity contribution < 1.29 is 9.53 Å². The molecule has 0 atom stereocenters. The van der Waals surface area contributed by atoms with Gasteiger partial charge in [-0.25, -0.2) is 4.52 Å². The van der Waals surface area contributed by atoms with Gasteiger partial charge in [-0.15, -0.1) is 5.10 Å². The van der Waals surface area contributed by atoms with E-state index in [9.17, 15) is 4.79 Å². The Morgan fingerprint density at radius 3 is 2.68 bits per heavy atom. The number of thiazole rings is 1. The van der Waals surface area contributed by atoms with Crippen molar-refractivity contribution in [3.05, 3.63) is 40.4 Å². The third-order valence-corrected chi connectivity index (χ3v) is 4.34. The maximum absolute atomic E-state index is 11.9. The molecular formula is C15H16N4O2S. The highest BCUT2D eigenvalue weighted by molar-refractivity contribution is 7.17. The van der Waals surface area contributed by atoms with Crippen LogP contribution in [0.25, 0.3) is 4.96 Å². The van der Waals surface area contributed by atoms with Crippen molar-refractivity contribution in [2.24, 2.45) is 0 Å². The van der Waals surface area contributed by atoms with E-state index in [1.165, 1.54) is 0 Å². The van der Waals surface area contributed by atoms with Gasteiger partial charge in [0.15, 0.2) is 6.61 Å². The Kier molecular flexibility index (Phi) is 3.81. The summed E-state index contributed by atoms with van der Waals surface area (Å²) in [4.78, 5) is 18.1. The second-order valence-electron chi connectivity index (χ2n) is 5.02. The lowest BCUT2D eigenvalue weighted by Gasteiger charge is -2.05. The maximum Gasteiger partial charge on any atom is 0.264 e. The van der Waals surface area contributed by atoms with E-state index in [2.05, 4.69) is 15.4 Å². The second-order valence-corrected chi connectivity index (χ2v) is 6.20. The molecular weight excluding hydrogens is 300 g/mol. The smallest absolute Gasteiger partial charge is 0.264 e. The summed E-state index contributed by atoms with van der Waals surface area (Å²) in [5.41, 5.74) is 2.17. The van der Waals surface area contributed by atoms with Crippen molar-refractivity contribution >= 4 is 28.2 Å². The first-order valence-corrected chi connectivity index (χ1v) is 7.66. The zero-order valence-electron chi connectivity index (χ0n) is 12.6. The van der Waals surface area contributed by atoms with Crippen LogP contribution < -0.4 is 10.1 Å². The first-order valence-electron chi connectivity index (χ1n) is 6.85. The third-order valence-electron chi connectivity index (χ3n) is 3.29. The predicted molar refractivity (Wildman–Crippen MR) is 85.6 cm³/mol. The number of fused-ring (bicyclic) bond motifs is 1. The number of carbonyl (C=O) groups excluding carboxylic acids is 1. The number of hydrogen-bond donors (Lipinski definition) is 1. The molecule has 2 aromatic heterocycles. The van der Waals surface area contributed by atoms with Gasteiger partial charge in [-0.3, -0.25) is 10.1 Å². The summed E-state index contributed by atoms with van der Waals surface area (Å²) in [6, 6.07) is 7.53. The molecule has 0 aliphatic carbocycles. The van der Waals surface area contributed by atoms with Crippen molar-refractivity contribution in [1.82, 2.24) is 14.6 Å². The number of hydrogen-bond acceptors (Lipinski definition) is 5. The average Bonchev–Trinajstić information content (AvgIpc) is 2.98. The van der Waals surface area contributed by atoms with Crippen LogP contribution in [0.5, 0.6) is 5.75 Å². The Morgan fingerprint density at radius 1 is 1.27 bits per heavy atom. The highest BCUT2D eigenvalue weighted by atomic mass is 32.1. The quantitative estimate of drug-likeness (QED) is 0.803. The Bertz CT molecular complexity index is 820. The van der Waals surface area contributed by atoms with Crippen LogP contribution in [0.4, 0.5) is 5.95 Å². The molecule has 0 aliphatic rings. The standard InChI is InChI=1S/C15H16N4O2S/c1-9-4-6-12(7-5-9)21-8-13(20)16-14-17-15-19(18-14)10(2)11(3)22-15/h4-7H,8H2,1-3H3,(H,16,18,20). The number of amides is 1. The van der Waals surface area contributed by atoms with Crippen LogP contribution >= 0.6 is 11.3 Å². The number of ether oxygens (including phenoxy) is 1. The molecule has 1 amide bonds. The Labute approximate surface area is 131 Å². The zero-order chi connectivity index (χ0) is 15.7. The molecule has 114 valence electrons. The van der Waals surface area contributed by atoms with Crippen molar-refractivity contribution in [1.29, 1.82) is 0 Å². The van der Waals surface area contributed by atoms with Crippen LogP contribution in [0.2, 0.25) is 0 Å². The fourth-order valence-corrected chi connectivity index (χ4v) is 2.84. The van der Waals surface area contributed by atoms with E-state index < -0.39 is 0 Å². The number of aryl methyl sites for hydroxylation is 3. The minimum absolute atomic E-state index is 0.0755. The molecule has 7 heteroatoms. The molecule has 0 fully saturated rings. The minimum atomic E-state index is -0.284. The van der Waals surface area contributed by atoms with Gasteiger partial charge in [0.25, 0.3) is 11.9 Å². The van der Waals surface area contributed by atoms with Crippen LogP contribution in [0, 0.1) is 20.8 Å². The van der Waals surface area contributed by atoms with Gasteiger partial charge in [0.05, 0.1) is 5.69 Å². The van der Waals surface area contributed by atoms with E-state index in [1.807, 2.05) is 45.0 Å². The van der Waals surface area contributed by atoms with Crippen molar-refractivity contribution in [2.75, 3.05) is 11.9 Å². The lowest BCUT2D eigenvalue weighted by molar-refractivity contribution is -0.118. The third kappa shape index (κ3) is 2.94. The van der Waals surface area contributed by atoms with Crippen molar-refractivity contribution in [3.63, 3.8) is 0 Å². The molecule has 6 nitrogen and oxygen atoms in total. The lowest BCUT2D eigenvalue weighted by atomic mass is 10.2.